The largest absolute Gasteiger partial charge is 0.332 e. The van der Waals surface area contributed by atoms with Gasteiger partial charge in [-0.1, -0.05) is 0 Å². The molecule has 168 valence electrons. The fourth-order valence-corrected chi connectivity index (χ4v) is 5.81. The van der Waals surface area contributed by atoms with Gasteiger partial charge in [-0.15, -0.1) is 11.3 Å². The van der Waals surface area contributed by atoms with Gasteiger partial charge < -0.3 is 0 Å². The molecular weight excluding hydrogens is 446 g/mol. The average molecular weight is 472 g/mol. The average Bonchev–Trinajstić information content (AvgIpc) is 3.06. The highest BCUT2D eigenvalue weighted by Crippen LogP contribution is 2.39. The van der Waals surface area contributed by atoms with Gasteiger partial charge in [-0.25, -0.2) is 4.79 Å². The Labute approximate surface area is 192 Å². The smallest absolute Gasteiger partial charge is 0.280 e. The molecule has 1 aliphatic carbocycles. The molecule has 0 unspecified atom stereocenters. The molecule has 1 fully saturated rings. The highest BCUT2D eigenvalue weighted by Gasteiger charge is 2.37. The molecule has 9 nitrogen and oxygen atoms in total. The van der Waals surface area contributed by atoms with Crippen molar-refractivity contribution < 1.29 is 0 Å². The Kier molecular flexibility index (Phi) is 5.14. The number of nitrogens with one attached hydrogen (secondary N) is 1. The molecule has 4 aromatic rings. The summed E-state index contributed by atoms with van der Waals surface area (Å²) in [6, 6.07) is 1.90. The van der Waals surface area contributed by atoms with E-state index in [1.165, 1.54) is 15.9 Å². The standard InChI is InChI=1S/C21H25N7O2S2/c1-13-15(11-26(4)23-13)12-28-19-16(7-17(31-19)32-24-21(2)5-6-21)18(29)27(20(28)30)10-14-8-22-25(3)9-14/h7-9,11,24H,5-6,10,12H2,1-4H3. The van der Waals surface area contributed by atoms with Gasteiger partial charge in [-0.2, -0.15) is 10.2 Å². The van der Waals surface area contributed by atoms with Crippen molar-refractivity contribution >= 4 is 33.5 Å². The minimum absolute atomic E-state index is 0.161. The molecule has 0 aliphatic heterocycles. The lowest BCUT2D eigenvalue weighted by Gasteiger charge is -2.11. The van der Waals surface area contributed by atoms with Crippen LogP contribution in [0.2, 0.25) is 0 Å². The zero-order valence-corrected chi connectivity index (χ0v) is 20.1. The fraction of sp³-hybridized carbons (Fsp3) is 0.429. The SMILES string of the molecule is Cc1nn(C)cc1Cn1c(=O)n(Cc2cnn(C)c2)c(=O)c2cc(SNC3(C)CC3)sc21. The maximum absolute atomic E-state index is 13.5. The molecule has 1 aliphatic rings. The molecule has 4 heterocycles. The van der Waals surface area contributed by atoms with Crippen molar-refractivity contribution in [3.05, 3.63) is 62.3 Å². The van der Waals surface area contributed by atoms with Crippen molar-refractivity contribution in [2.45, 2.75) is 49.5 Å². The molecule has 0 atom stereocenters. The summed E-state index contributed by atoms with van der Waals surface area (Å²) in [6.07, 6.45) is 7.71. The number of hydrogen-bond acceptors (Lipinski definition) is 7. The number of aryl methyl sites for hydroxylation is 3. The molecule has 5 rings (SSSR count). The fourth-order valence-electron chi connectivity index (χ4n) is 3.68. The monoisotopic (exact) mass is 471 g/mol. The number of hydrogen-bond donors (Lipinski definition) is 1. The lowest BCUT2D eigenvalue weighted by atomic mass is 10.2. The predicted molar refractivity (Wildman–Crippen MR) is 126 cm³/mol. The highest BCUT2D eigenvalue weighted by atomic mass is 32.2. The lowest BCUT2D eigenvalue weighted by molar-refractivity contribution is 0.636. The molecule has 1 N–H and O–H groups in total. The Balaban J connectivity index is 1.63. The maximum atomic E-state index is 13.5. The highest BCUT2D eigenvalue weighted by molar-refractivity contribution is 7.99. The molecule has 0 bridgehead atoms. The minimum Gasteiger partial charge on any atom is -0.280 e. The second kappa shape index (κ2) is 7.75. The Morgan fingerprint density at radius 2 is 1.94 bits per heavy atom. The Morgan fingerprint density at radius 1 is 1.16 bits per heavy atom. The van der Waals surface area contributed by atoms with Crippen LogP contribution < -0.4 is 16.0 Å². The number of rotatable bonds is 7. The van der Waals surface area contributed by atoms with E-state index in [0.717, 1.165) is 33.9 Å². The number of fused-ring (bicyclic) bond motifs is 1. The van der Waals surface area contributed by atoms with Gasteiger partial charge in [0.2, 0.25) is 0 Å². The van der Waals surface area contributed by atoms with Gasteiger partial charge >= 0.3 is 5.69 Å². The third-order valence-electron chi connectivity index (χ3n) is 5.81. The topological polar surface area (TPSA) is 91.7 Å². The van der Waals surface area contributed by atoms with Crippen LogP contribution in [0.3, 0.4) is 0 Å². The summed E-state index contributed by atoms with van der Waals surface area (Å²) in [4.78, 5) is 27.6. The van der Waals surface area contributed by atoms with E-state index in [1.54, 1.807) is 32.1 Å². The summed E-state index contributed by atoms with van der Waals surface area (Å²) in [5, 5.41) is 9.14. The Morgan fingerprint density at radius 3 is 2.56 bits per heavy atom. The predicted octanol–water partition coefficient (Wildman–Crippen LogP) is 2.25. The first-order valence-electron chi connectivity index (χ1n) is 10.4. The van der Waals surface area contributed by atoms with Gasteiger partial charge in [0.25, 0.3) is 5.56 Å². The molecule has 11 heteroatoms. The molecule has 0 amide bonds. The van der Waals surface area contributed by atoms with Crippen molar-refractivity contribution in [1.82, 2.24) is 33.4 Å². The molecule has 4 aromatic heterocycles. The molecular formula is C21H25N7O2S2. The van der Waals surface area contributed by atoms with E-state index in [0.29, 0.717) is 16.8 Å². The van der Waals surface area contributed by atoms with Crippen LogP contribution in [0.1, 0.15) is 36.6 Å². The Hall–Kier alpha value is -2.63. The molecule has 0 spiro atoms. The van der Waals surface area contributed by atoms with Gasteiger partial charge in [0.1, 0.15) is 4.83 Å². The zero-order valence-electron chi connectivity index (χ0n) is 18.5. The third kappa shape index (κ3) is 3.96. The van der Waals surface area contributed by atoms with E-state index in [1.807, 2.05) is 39.5 Å². The quantitative estimate of drug-likeness (QED) is 0.416. The van der Waals surface area contributed by atoms with E-state index in [2.05, 4.69) is 21.8 Å². The zero-order chi connectivity index (χ0) is 22.6. The second-order valence-corrected chi connectivity index (χ2v) is 10.9. The van der Waals surface area contributed by atoms with E-state index >= 15 is 0 Å². The Bertz CT molecular complexity index is 1430. The van der Waals surface area contributed by atoms with Crippen molar-refractivity contribution in [2.75, 3.05) is 0 Å². The lowest BCUT2D eigenvalue weighted by Crippen LogP contribution is -2.40. The first-order valence-corrected chi connectivity index (χ1v) is 12.0. The van der Waals surface area contributed by atoms with E-state index in [-0.39, 0.29) is 23.3 Å². The number of aromatic nitrogens is 6. The van der Waals surface area contributed by atoms with E-state index in [9.17, 15) is 9.59 Å². The van der Waals surface area contributed by atoms with Crippen LogP contribution in [0.25, 0.3) is 10.2 Å². The third-order valence-corrected chi connectivity index (χ3v) is 8.18. The molecule has 1 saturated carbocycles. The van der Waals surface area contributed by atoms with Gasteiger partial charge in [-0.05, 0) is 44.7 Å². The molecule has 0 radical (unpaired) electrons. The first kappa shape index (κ1) is 21.2. The van der Waals surface area contributed by atoms with Crippen LogP contribution in [0.5, 0.6) is 0 Å². The summed E-state index contributed by atoms with van der Waals surface area (Å²) >= 11 is 3.02. The minimum atomic E-state index is -0.324. The molecule has 0 saturated heterocycles. The summed E-state index contributed by atoms with van der Waals surface area (Å²) in [6.45, 7) is 4.66. The van der Waals surface area contributed by atoms with Crippen LogP contribution in [0.4, 0.5) is 0 Å². The second-order valence-electron chi connectivity index (χ2n) is 8.74. The maximum Gasteiger partial charge on any atom is 0.332 e. The van der Waals surface area contributed by atoms with Crippen LogP contribution in [0.15, 0.2) is 38.5 Å². The first-order chi connectivity index (χ1) is 15.2. The summed E-state index contributed by atoms with van der Waals surface area (Å²) in [5.41, 5.74) is 2.20. The summed E-state index contributed by atoms with van der Waals surface area (Å²) in [5.74, 6) is 0. The van der Waals surface area contributed by atoms with Crippen LogP contribution >= 0.6 is 23.3 Å². The van der Waals surface area contributed by atoms with Gasteiger partial charge in [0, 0.05) is 43.2 Å². The van der Waals surface area contributed by atoms with Crippen molar-refractivity contribution in [2.24, 2.45) is 14.1 Å². The molecule has 0 aromatic carbocycles. The molecule has 32 heavy (non-hydrogen) atoms. The van der Waals surface area contributed by atoms with Gasteiger partial charge in [0.05, 0.1) is 34.6 Å². The summed E-state index contributed by atoms with van der Waals surface area (Å²) < 4.78 is 10.9. The van der Waals surface area contributed by atoms with Gasteiger partial charge in [0.15, 0.2) is 0 Å². The normalized spacial score (nSPS) is 15.0. The van der Waals surface area contributed by atoms with Crippen molar-refractivity contribution in [3.8, 4) is 0 Å². The van der Waals surface area contributed by atoms with Crippen molar-refractivity contribution in [1.29, 1.82) is 0 Å². The van der Waals surface area contributed by atoms with E-state index < -0.39 is 0 Å². The summed E-state index contributed by atoms with van der Waals surface area (Å²) in [7, 11) is 3.68. The van der Waals surface area contributed by atoms with E-state index in [4.69, 9.17) is 0 Å². The number of nitrogens with zero attached hydrogens (tertiary/aromatic N) is 6. The van der Waals surface area contributed by atoms with Crippen LogP contribution in [-0.4, -0.2) is 34.2 Å². The van der Waals surface area contributed by atoms with Gasteiger partial charge in [-0.3, -0.25) is 28.0 Å². The van der Waals surface area contributed by atoms with Crippen molar-refractivity contribution in [3.63, 3.8) is 0 Å². The van der Waals surface area contributed by atoms with Crippen LogP contribution in [-0.2, 0) is 27.2 Å². The van der Waals surface area contributed by atoms with Crippen LogP contribution in [0, 0.1) is 6.92 Å². The number of thiophene rings is 1.